The Labute approximate surface area is 165 Å². The molecule has 0 fully saturated rings. The van der Waals surface area contributed by atoms with Gasteiger partial charge in [0.25, 0.3) is 0 Å². The molecule has 0 spiro atoms. The number of fused-ring (bicyclic) bond motifs is 2. The maximum absolute atomic E-state index is 12.3. The number of nitrogens with zero attached hydrogens (tertiary/aromatic N) is 1. The summed E-state index contributed by atoms with van der Waals surface area (Å²) >= 11 is 1.37. The van der Waals surface area contributed by atoms with Crippen LogP contribution in [0.1, 0.15) is 5.82 Å². The monoisotopic (exact) mass is 398 g/mol. The molecule has 7 nitrogen and oxygen atoms in total. The minimum atomic E-state index is -0.653. The van der Waals surface area contributed by atoms with E-state index in [1.54, 1.807) is 0 Å². The van der Waals surface area contributed by atoms with Crippen LogP contribution in [0.25, 0.3) is 16.6 Å². The van der Waals surface area contributed by atoms with Gasteiger partial charge in [-0.25, -0.2) is 9.78 Å². The lowest BCUT2D eigenvalue weighted by molar-refractivity contribution is -0.133. The zero-order valence-corrected chi connectivity index (χ0v) is 15.9. The van der Waals surface area contributed by atoms with Crippen molar-refractivity contribution in [2.75, 3.05) is 26.1 Å². The van der Waals surface area contributed by atoms with Crippen molar-refractivity contribution >= 4 is 34.3 Å². The van der Waals surface area contributed by atoms with Crippen LogP contribution in [0.15, 0.2) is 53.1 Å². The second-order valence-electron chi connectivity index (χ2n) is 6.01. The number of esters is 1. The van der Waals surface area contributed by atoms with Gasteiger partial charge in [-0.05, 0) is 30.3 Å². The minimum absolute atomic E-state index is 0.0174. The van der Waals surface area contributed by atoms with Crippen molar-refractivity contribution in [3.05, 3.63) is 54.0 Å². The molecule has 0 atom stereocenters. The predicted octanol–water partition coefficient (Wildman–Crippen LogP) is 3.57. The van der Waals surface area contributed by atoms with E-state index in [-0.39, 0.29) is 22.9 Å². The Bertz CT molecular complexity index is 1030. The van der Waals surface area contributed by atoms with Crippen LogP contribution in [0.4, 0.5) is 0 Å². The molecule has 2 N–H and O–H groups in total. The lowest BCUT2D eigenvalue weighted by Gasteiger charge is -2.18. The number of hydrogen-bond acceptors (Lipinski definition) is 7. The van der Waals surface area contributed by atoms with E-state index < -0.39 is 5.97 Å². The highest BCUT2D eigenvalue weighted by atomic mass is 32.2. The topological polar surface area (TPSA) is 93.7 Å². The number of aliphatic hydroxyl groups excluding tert-OH is 1. The normalized spacial score (nSPS) is 13.9. The number of methoxy groups -OCH3 is 1. The third-order valence-corrected chi connectivity index (χ3v) is 5.20. The number of rotatable bonds is 5. The highest BCUT2D eigenvalue weighted by molar-refractivity contribution is 7.99. The third-order valence-electron chi connectivity index (χ3n) is 4.19. The number of aromatic amines is 1. The summed E-state index contributed by atoms with van der Waals surface area (Å²) in [4.78, 5) is 20.6. The van der Waals surface area contributed by atoms with Crippen molar-refractivity contribution in [1.82, 2.24) is 9.97 Å². The molecule has 2 heterocycles. The molecule has 28 heavy (non-hydrogen) atoms. The van der Waals surface area contributed by atoms with E-state index in [2.05, 4.69) is 9.97 Å². The molecule has 1 aliphatic heterocycles. The van der Waals surface area contributed by atoms with Crippen LogP contribution >= 0.6 is 11.8 Å². The molecule has 1 aliphatic rings. The summed E-state index contributed by atoms with van der Waals surface area (Å²) < 4.78 is 15.9. The van der Waals surface area contributed by atoms with Gasteiger partial charge in [0.1, 0.15) is 30.4 Å². The molecular formula is C20H18N2O5S. The Morgan fingerprint density at radius 2 is 2.00 bits per heavy atom. The van der Waals surface area contributed by atoms with Crippen LogP contribution in [0.5, 0.6) is 11.5 Å². The molecule has 0 aliphatic carbocycles. The van der Waals surface area contributed by atoms with Gasteiger partial charge in [-0.1, -0.05) is 12.1 Å². The largest absolute Gasteiger partial charge is 0.510 e. The van der Waals surface area contributed by atoms with Gasteiger partial charge in [0.15, 0.2) is 11.5 Å². The molecule has 3 aromatic rings. The van der Waals surface area contributed by atoms with E-state index in [1.807, 2.05) is 42.5 Å². The second-order valence-corrected chi connectivity index (χ2v) is 7.06. The summed E-state index contributed by atoms with van der Waals surface area (Å²) in [6, 6.07) is 13.0. The maximum Gasteiger partial charge on any atom is 0.345 e. The van der Waals surface area contributed by atoms with Crippen LogP contribution in [0, 0.1) is 0 Å². The zero-order valence-electron chi connectivity index (χ0n) is 15.1. The molecule has 0 unspecified atom stereocenters. The van der Waals surface area contributed by atoms with Crippen LogP contribution in [0.3, 0.4) is 0 Å². The molecule has 0 bridgehead atoms. The van der Waals surface area contributed by atoms with Crippen molar-refractivity contribution < 1.29 is 24.1 Å². The summed E-state index contributed by atoms with van der Waals surface area (Å²) in [5, 5.41) is 10.6. The summed E-state index contributed by atoms with van der Waals surface area (Å²) in [6.45, 7) is 1.04. The van der Waals surface area contributed by atoms with Crippen molar-refractivity contribution in [1.29, 1.82) is 0 Å². The van der Waals surface area contributed by atoms with Crippen LogP contribution in [-0.2, 0) is 9.53 Å². The van der Waals surface area contributed by atoms with Crippen molar-refractivity contribution in [3.8, 4) is 11.5 Å². The van der Waals surface area contributed by atoms with E-state index >= 15 is 0 Å². The fourth-order valence-electron chi connectivity index (χ4n) is 2.86. The number of nitrogens with one attached hydrogen (secondary N) is 1. The zero-order chi connectivity index (χ0) is 19.5. The van der Waals surface area contributed by atoms with Gasteiger partial charge < -0.3 is 24.3 Å². The van der Waals surface area contributed by atoms with E-state index in [1.165, 1.54) is 18.9 Å². The fraction of sp³-hybridized carbons (Fsp3) is 0.200. The number of carbonyl (C=O) groups excluding carboxylic acids is 1. The van der Waals surface area contributed by atoms with Gasteiger partial charge in [0, 0.05) is 4.90 Å². The third kappa shape index (κ3) is 3.63. The molecule has 0 saturated heterocycles. The van der Waals surface area contributed by atoms with Gasteiger partial charge in [0.05, 0.1) is 23.9 Å². The van der Waals surface area contributed by atoms with Gasteiger partial charge in [0.2, 0.25) is 0 Å². The Kier molecular flexibility index (Phi) is 5.12. The van der Waals surface area contributed by atoms with Gasteiger partial charge in [-0.3, -0.25) is 0 Å². The quantitative estimate of drug-likeness (QED) is 0.294. The molecule has 4 rings (SSSR count). The first-order chi connectivity index (χ1) is 13.7. The van der Waals surface area contributed by atoms with Crippen molar-refractivity contribution in [2.24, 2.45) is 0 Å². The molecule has 0 amide bonds. The second kappa shape index (κ2) is 7.85. The highest BCUT2D eigenvalue weighted by Crippen LogP contribution is 2.35. The number of hydrogen-bond donors (Lipinski definition) is 2. The van der Waals surface area contributed by atoms with Gasteiger partial charge in [-0.2, -0.15) is 0 Å². The summed E-state index contributed by atoms with van der Waals surface area (Å²) in [7, 11) is 1.27. The minimum Gasteiger partial charge on any atom is -0.510 e. The highest BCUT2D eigenvalue weighted by Gasteiger charge is 2.22. The fourth-order valence-corrected chi connectivity index (χ4v) is 3.66. The molecular weight excluding hydrogens is 380 g/mol. The number of carbonyl (C=O) groups is 1. The SMILES string of the molecule is COC(=O)C(=C(O)CSc1ccc2c(c1)OCCO2)c1nc2ccccc2[nH]1. The van der Waals surface area contributed by atoms with Crippen LogP contribution < -0.4 is 9.47 Å². The smallest absolute Gasteiger partial charge is 0.345 e. The molecule has 0 saturated carbocycles. The van der Waals surface area contributed by atoms with Crippen molar-refractivity contribution in [3.63, 3.8) is 0 Å². The Morgan fingerprint density at radius 3 is 2.79 bits per heavy atom. The number of imidazole rings is 1. The standard InChI is InChI=1S/C20H18N2O5S/c1-25-20(24)18(19-21-13-4-2-3-5-14(13)22-19)15(23)11-28-12-6-7-16-17(10-12)27-9-8-26-16/h2-7,10,23H,8-9,11H2,1H3,(H,21,22). The first kappa shape index (κ1) is 18.2. The Balaban J connectivity index is 1.60. The number of aromatic nitrogens is 2. The van der Waals surface area contributed by atoms with Crippen molar-refractivity contribution in [2.45, 2.75) is 4.90 Å². The average Bonchev–Trinajstić information content (AvgIpc) is 3.15. The van der Waals surface area contributed by atoms with E-state index in [9.17, 15) is 9.90 Å². The molecule has 1 aromatic heterocycles. The summed E-state index contributed by atoms with van der Waals surface area (Å²) in [5.41, 5.74) is 1.49. The lowest BCUT2D eigenvalue weighted by Crippen LogP contribution is -2.15. The first-order valence-electron chi connectivity index (χ1n) is 8.63. The number of ether oxygens (including phenoxy) is 3. The van der Waals surface area contributed by atoms with E-state index in [0.29, 0.717) is 30.2 Å². The molecule has 144 valence electrons. The summed E-state index contributed by atoms with van der Waals surface area (Å²) in [6.07, 6.45) is 0. The van der Waals surface area contributed by atoms with Crippen LogP contribution in [-0.4, -0.2) is 47.1 Å². The Morgan fingerprint density at radius 1 is 1.21 bits per heavy atom. The number of para-hydroxylation sites is 2. The Hall–Kier alpha value is -3.13. The van der Waals surface area contributed by atoms with E-state index in [4.69, 9.17) is 14.2 Å². The number of benzene rings is 2. The number of aliphatic hydroxyl groups is 1. The number of H-pyrrole nitrogens is 1. The van der Waals surface area contributed by atoms with Gasteiger partial charge >= 0.3 is 5.97 Å². The maximum atomic E-state index is 12.3. The molecule has 0 radical (unpaired) electrons. The first-order valence-corrected chi connectivity index (χ1v) is 9.62. The summed E-state index contributed by atoms with van der Waals surface area (Å²) in [5.74, 6) is 1.04. The molecule has 8 heteroatoms. The van der Waals surface area contributed by atoms with Crippen LogP contribution in [0.2, 0.25) is 0 Å². The van der Waals surface area contributed by atoms with E-state index in [0.717, 1.165) is 10.4 Å². The predicted molar refractivity (Wildman–Crippen MR) is 106 cm³/mol. The average molecular weight is 398 g/mol. The van der Waals surface area contributed by atoms with Gasteiger partial charge in [-0.15, -0.1) is 11.8 Å². The lowest BCUT2D eigenvalue weighted by atomic mass is 10.2. The number of thioether (sulfide) groups is 1. The molecule has 2 aromatic carbocycles.